The maximum absolute atomic E-state index is 6.38. The van der Waals surface area contributed by atoms with Gasteiger partial charge in [0, 0.05) is 5.02 Å². The van der Waals surface area contributed by atoms with Gasteiger partial charge in [0.05, 0.1) is 15.4 Å². The molecule has 0 nitrogen and oxygen atoms in total. The van der Waals surface area contributed by atoms with Crippen LogP contribution in [0.25, 0.3) is 0 Å². The van der Waals surface area contributed by atoms with Crippen LogP contribution in [0.15, 0.2) is 42.5 Å². The van der Waals surface area contributed by atoms with Crippen molar-refractivity contribution in [3.8, 4) is 0 Å². The van der Waals surface area contributed by atoms with E-state index in [0.29, 0.717) is 15.1 Å². The van der Waals surface area contributed by atoms with Crippen molar-refractivity contribution in [3.05, 3.63) is 68.7 Å². The minimum atomic E-state index is -0.335. The molecule has 0 aliphatic heterocycles. The molecule has 0 bridgehead atoms. The highest BCUT2D eigenvalue weighted by Crippen LogP contribution is 2.35. The van der Waals surface area contributed by atoms with E-state index < -0.39 is 0 Å². The van der Waals surface area contributed by atoms with Crippen molar-refractivity contribution in [1.29, 1.82) is 0 Å². The Morgan fingerprint density at radius 3 is 2.12 bits per heavy atom. The van der Waals surface area contributed by atoms with E-state index in [1.807, 2.05) is 30.3 Å². The Balaban J connectivity index is 2.40. The zero-order valence-electron chi connectivity index (χ0n) is 8.63. The summed E-state index contributed by atoms with van der Waals surface area (Å²) in [6.07, 6.45) is 0. The molecule has 1 atom stereocenters. The summed E-state index contributed by atoms with van der Waals surface area (Å²) in [5, 5.41) is 1.30. The second kappa shape index (κ2) is 5.49. The molecule has 88 valence electrons. The van der Waals surface area contributed by atoms with Crippen molar-refractivity contribution >= 4 is 46.4 Å². The SMILES string of the molecule is Clc1ccc(C(Cl)c2ccccc2Cl)cc1Cl. The Morgan fingerprint density at radius 1 is 0.765 bits per heavy atom. The monoisotopic (exact) mass is 304 g/mol. The van der Waals surface area contributed by atoms with E-state index in [2.05, 4.69) is 0 Å². The van der Waals surface area contributed by atoms with Crippen molar-refractivity contribution in [1.82, 2.24) is 0 Å². The Kier molecular flexibility index (Phi) is 4.22. The Labute approximate surface area is 120 Å². The zero-order valence-corrected chi connectivity index (χ0v) is 11.7. The smallest absolute Gasteiger partial charge is 0.0850 e. The Bertz CT molecular complexity index is 537. The molecule has 0 amide bonds. The summed E-state index contributed by atoms with van der Waals surface area (Å²) in [5.74, 6) is 0. The summed E-state index contributed by atoms with van der Waals surface area (Å²) in [4.78, 5) is 0. The van der Waals surface area contributed by atoms with Crippen LogP contribution in [-0.4, -0.2) is 0 Å². The largest absolute Gasteiger partial charge is 0.113 e. The van der Waals surface area contributed by atoms with Crippen LogP contribution in [0.3, 0.4) is 0 Å². The van der Waals surface area contributed by atoms with Gasteiger partial charge in [-0.05, 0) is 29.3 Å². The van der Waals surface area contributed by atoms with Gasteiger partial charge in [0.1, 0.15) is 0 Å². The molecular weight excluding hydrogens is 298 g/mol. The number of hydrogen-bond donors (Lipinski definition) is 0. The maximum atomic E-state index is 6.38. The number of hydrogen-bond acceptors (Lipinski definition) is 0. The molecule has 0 aliphatic rings. The van der Waals surface area contributed by atoms with Crippen LogP contribution in [0.5, 0.6) is 0 Å². The minimum absolute atomic E-state index is 0.335. The van der Waals surface area contributed by atoms with E-state index >= 15 is 0 Å². The topological polar surface area (TPSA) is 0 Å². The third-order valence-electron chi connectivity index (χ3n) is 2.41. The summed E-state index contributed by atoms with van der Waals surface area (Å²) < 4.78 is 0. The molecule has 0 radical (unpaired) electrons. The summed E-state index contributed by atoms with van der Waals surface area (Å²) >= 11 is 24.3. The second-order valence-corrected chi connectivity index (χ2v) is 5.22. The number of rotatable bonds is 2. The number of halogens is 4. The molecule has 0 aliphatic carbocycles. The van der Waals surface area contributed by atoms with Gasteiger partial charge in [0.2, 0.25) is 0 Å². The molecule has 2 aromatic carbocycles. The highest BCUT2D eigenvalue weighted by atomic mass is 35.5. The first kappa shape index (κ1) is 13.0. The zero-order chi connectivity index (χ0) is 12.4. The van der Waals surface area contributed by atoms with Crippen LogP contribution in [-0.2, 0) is 0 Å². The lowest BCUT2D eigenvalue weighted by molar-refractivity contribution is 1.14. The predicted molar refractivity (Wildman–Crippen MR) is 75.6 cm³/mol. The van der Waals surface area contributed by atoms with E-state index in [9.17, 15) is 0 Å². The first-order valence-electron chi connectivity index (χ1n) is 4.93. The second-order valence-electron chi connectivity index (χ2n) is 3.56. The highest BCUT2D eigenvalue weighted by Gasteiger charge is 2.14. The molecule has 17 heavy (non-hydrogen) atoms. The quantitative estimate of drug-likeness (QED) is 0.599. The lowest BCUT2D eigenvalue weighted by Crippen LogP contribution is -1.94. The normalized spacial score (nSPS) is 12.5. The molecule has 0 heterocycles. The van der Waals surface area contributed by atoms with Crippen molar-refractivity contribution in [2.75, 3.05) is 0 Å². The van der Waals surface area contributed by atoms with Crippen molar-refractivity contribution in [2.24, 2.45) is 0 Å². The third-order valence-corrected chi connectivity index (χ3v) is 3.98. The van der Waals surface area contributed by atoms with Crippen LogP contribution in [0.2, 0.25) is 15.1 Å². The number of alkyl halides is 1. The van der Waals surface area contributed by atoms with Crippen LogP contribution in [0.4, 0.5) is 0 Å². The van der Waals surface area contributed by atoms with Crippen LogP contribution in [0.1, 0.15) is 16.5 Å². The standard InChI is InChI=1S/C13H8Cl4/c14-10-4-2-1-3-9(10)13(17)8-5-6-11(15)12(16)7-8/h1-7,13H. The van der Waals surface area contributed by atoms with Gasteiger partial charge in [-0.1, -0.05) is 59.1 Å². The average Bonchev–Trinajstić information content (AvgIpc) is 2.32. The summed E-state index contributed by atoms with van der Waals surface area (Å²) in [5.41, 5.74) is 1.73. The van der Waals surface area contributed by atoms with Gasteiger partial charge in [0.15, 0.2) is 0 Å². The fourth-order valence-electron chi connectivity index (χ4n) is 1.53. The first-order chi connectivity index (χ1) is 8.09. The van der Waals surface area contributed by atoms with E-state index in [-0.39, 0.29) is 5.38 Å². The summed E-state index contributed by atoms with van der Waals surface area (Å²) in [6.45, 7) is 0. The van der Waals surface area contributed by atoms with E-state index in [1.54, 1.807) is 12.1 Å². The molecule has 0 fully saturated rings. The number of benzene rings is 2. The van der Waals surface area contributed by atoms with Crippen LogP contribution >= 0.6 is 46.4 Å². The first-order valence-corrected chi connectivity index (χ1v) is 6.50. The molecule has 2 rings (SSSR count). The molecule has 0 aromatic heterocycles. The van der Waals surface area contributed by atoms with Gasteiger partial charge in [0.25, 0.3) is 0 Å². The average molecular weight is 306 g/mol. The van der Waals surface area contributed by atoms with Gasteiger partial charge < -0.3 is 0 Å². The van der Waals surface area contributed by atoms with Gasteiger partial charge in [-0.3, -0.25) is 0 Å². The maximum Gasteiger partial charge on any atom is 0.0850 e. The fraction of sp³-hybridized carbons (Fsp3) is 0.0769. The molecular formula is C13H8Cl4. The lowest BCUT2D eigenvalue weighted by atomic mass is 10.0. The molecule has 0 N–H and O–H groups in total. The predicted octanol–water partition coefficient (Wildman–Crippen LogP) is 5.98. The lowest BCUT2D eigenvalue weighted by Gasteiger charge is -2.12. The molecule has 2 aromatic rings. The van der Waals surface area contributed by atoms with E-state index in [0.717, 1.165) is 11.1 Å². The van der Waals surface area contributed by atoms with Crippen LogP contribution < -0.4 is 0 Å². The van der Waals surface area contributed by atoms with Gasteiger partial charge >= 0.3 is 0 Å². The van der Waals surface area contributed by atoms with E-state index in [4.69, 9.17) is 46.4 Å². The summed E-state index contributed by atoms with van der Waals surface area (Å²) in [6, 6.07) is 12.8. The molecule has 0 spiro atoms. The molecule has 0 saturated carbocycles. The van der Waals surface area contributed by atoms with Crippen molar-refractivity contribution in [2.45, 2.75) is 5.38 Å². The highest BCUT2D eigenvalue weighted by molar-refractivity contribution is 6.42. The molecule has 1 unspecified atom stereocenters. The van der Waals surface area contributed by atoms with E-state index in [1.165, 1.54) is 0 Å². The van der Waals surface area contributed by atoms with Crippen molar-refractivity contribution in [3.63, 3.8) is 0 Å². The summed E-state index contributed by atoms with van der Waals surface area (Å²) in [7, 11) is 0. The Hall–Kier alpha value is -0.400. The minimum Gasteiger partial charge on any atom is -0.113 e. The molecule has 0 saturated heterocycles. The van der Waals surface area contributed by atoms with Gasteiger partial charge in [-0.2, -0.15) is 0 Å². The van der Waals surface area contributed by atoms with Gasteiger partial charge in [-0.25, -0.2) is 0 Å². The molecule has 4 heteroatoms. The van der Waals surface area contributed by atoms with Gasteiger partial charge in [-0.15, -0.1) is 11.6 Å². The third kappa shape index (κ3) is 2.89. The van der Waals surface area contributed by atoms with Crippen LogP contribution in [0, 0.1) is 0 Å². The Morgan fingerprint density at radius 2 is 1.47 bits per heavy atom. The fourth-order valence-corrected chi connectivity index (χ4v) is 2.46. The van der Waals surface area contributed by atoms with Crippen molar-refractivity contribution < 1.29 is 0 Å².